The molecule has 156 valence electrons. The fourth-order valence-electron chi connectivity index (χ4n) is 4.38. The lowest BCUT2D eigenvalue weighted by atomic mass is 10.1. The molecule has 2 aliphatic rings. The van der Waals surface area contributed by atoms with E-state index in [-0.39, 0.29) is 27.8 Å². The number of amides is 1. The quantitative estimate of drug-likeness (QED) is 0.827. The molecule has 1 saturated carbocycles. The molecule has 0 atom stereocenters. The molecule has 8 heteroatoms. The van der Waals surface area contributed by atoms with Crippen molar-refractivity contribution in [3.05, 3.63) is 40.2 Å². The van der Waals surface area contributed by atoms with Gasteiger partial charge in [0.1, 0.15) is 5.56 Å². The van der Waals surface area contributed by atoms with E-state index >= 15 is 0 Å². The van der Waals surface area contributed by atoms with E-state index in [1.165, 1.54) is 16.6 Å². The van der Waals surface area contributed by atoms with Crippen LogP contribution < -0.4 is 10.7 Å². The average molecular weight is 418 g/mol. The standard InChI is InChI=1S/C21H27N3O4S/c1-23-14-18(21(26)22-15-7-3-4-8-15)20(25)17-13-16(9-10-19(17)23)29(27,28)24-11-5-2-6-12-24/h9-10,13-15H,2-8,11-12H2,1H3,(H,22,26). The highest BCUT2D eigenvalue weighted by atomic mass is 32.2. The Morgan fingerprint density at radius 2 is 1.76 bits per heavy atom. The third kappa shape index (κ3) is 3.83. The molecule has 2 aromatic rings. The van der Waals surface area contributed by atoms with E-state index in [4.69, 9.17) is 0 Å². The first-order valence-electron chi connectivity index (χ1n) is 10.3. The maximum Gasteiger partial charge on any atom is 0.256 e. The van der Waals surface area contributed by atoms with Gasteiger partial charge < -0.3 is 9.88 Å². The van der Waals surface area contributed by atoms with E-state index in [0.29, 0.717) is 18.6 Å². The van der Waals surface area contributed by atoms with Gasteiger partial charge in [0.2, 0.25) is 15.5 Å². The number of nitrogens with one attached hydrogen (secondary N) is 1. The summed E-state index contributed by atoms with van der Waals surface area (Å²) in [6.45, 7) is 1.00. The number of aryl methyl sites for hydroxylation is 1. The fraction of sp³-hybridized carbons (Fsp3) is 0.524. The van der Waals surface area contributed by atoms with Gasteiger partial charge in [0.25, 0.3) is 5.91 Å². The van der Waals surface area contributed by atoms with Gasteiger partial charge >= 0.3 is 0 Å². The number of carbonyl (C=O) groups is 1. The molecule has 2 fully saturated rings. The van der Waals surface area contributed by atoms with Crippen molar-refractivity contribution < 1.29 is 13.2 Å². The number of fused-ring (bicyclic) bond motifs is 1. The van der Waals surface area contributed by atoms with Gasteiger partial charge in [-0.3, -0.25) is 9.59 Å². The maximum absolute atomic E-state index is 13.1. The summed E-state index contributed by atoms with van der Waals surface area (Å²) in [6, 6.07) is 4.72. The molecule has 1 aliphatic carbocycles. The molecule has 1 saturated heterocycles. The molecule has 1 aromatic heterocycles. The topological polar surface area (TPSA) is 88.5 Å². The van der Waals surface area contributed by atoms with Crippen molar-refractivity contribution in [2.45, 2.75) is 55.9 Å². The third-order valence-corrected chi connectivity index (χ3v) is 7.94. The minimum atomic E-state index is -3.65. The number of sulfonamides is 1. The zero-order chi connectivity index (χ0) is 20.6. The number of benzene rings is 1. The number of rotatable bonds is 4. The Balaban J connectivity index is 1.74. The molecule has 4 rings (SSSR count). The fourth-order valence-corrected chi connectivity index (χ4v) is 5.93. The highest BCUT2D eigenvalue weighted by Gasteiger charge is 2.27. The Bertz CT molecular complexity index is 1090. The predicted octanol–water partition coefficient (Wildman–Crippen LogP) is 2.39. The second-order valence-corrected chi connectivity index (χ2v) is 10.0. The SMILES string of the molecule is Cn1cc(C(=O)NC2CCCC2)c(=O)c2cc(S(=O)(=O)N3CCCCC3)ccc21. The van der Waals surface area contributed by atoms with Crippen LogP contribution in [0.1, 0.15) is 55.3 Å². The zero-order valence-corrected chi connectivity index (χ0v) is 17.5. The largest absolute Gasteiger partial charge is 0.350 e. The molecule has 0 spiro atoms. The minimum absolute atomic E-state index is 0.0550. The number of carbonyl (C=O) groups excluding carboxylic acids is 1. The highest BCUT2D eigenvalue weighted by molar-refractivity contribution is 7.89. The molecular weight excluding hydrogens is 390 g/mol. The van der Waals surface area contributed by atoms with Crippen LogP contribution >= 0.6 is 0 Å². The first-order valence-corrected chi connectivity index (χ1v) is 11.8. The Labute approximate surface area is 170 Å². The molecule has 29 heavy (non-hydrogen) atoms. The normalized spacial score (nSPS) is 18.9. The zero-order valence-electron chi connectivity index (χ0n) is 16.7. The summed E-state index contributed by atoms with van der Waals surface area (Å²) >= 11 is 0. The van der Waals surface area contributed by atoms with E-state index in [1.807, 2.05) is 0 Å². The van der Waals surface area contributed by atoms with Crippen LogP contribution in [0.2, 0.25) is 0 Å². The van der Waals surface area contributed by atoms with E-state index < -0.39 is 15.5 Å². The van der Waals surface area contributed by atoms with Gasteiger partial charge in [-0.25, -0.2) is 8.42 Å². The summed E-state index contributed by atoms with van der Waals surface area (Å²) in [5.74, 6) is -0.385. The van der Waals surface area contributed by atoms with Crippen LogP contribution in [0.15, 0.2) is 34.1 Å². The number of hydrogen-bond acceptors (Lipinski definition) is 4. The number of nitrogens with zero attached hydrogens (tertiary/aromatic N) is 2. The molecule has 0 bridgehead atoms. The number of pyridine rings is 1. The Kier molecular flexibility index (Phi) is 5.48. The smallest absolute Gasteiger partial charge is 0.256 e. The molecule has 1 aliphatic heterocycles. The summed E-state index contributed by atoms with van der Waals surface area (Å²) in [5, 5.41) is 3.20. The lowest BCUT2D eigenvalue weighted by Crippen LogP contribution is -2.36. The van der Waals surface area contributed by atoms with Crippen molar-refractivity contribution in [1.82, 2.24) is 14.2 Å². The van der Waals surface area contributed by atoms with Crippen molar-refractivity contribution in [3.63, 3.8) is 0 Å². The van der Waals surface area contributed by atoms with Gasteiger partial charge in [-0.1, -0.05) is 19.3 Å². The van der Waals surface area contributed by atoms with Gasteiger partial charge in [0.15, 0.2) is 0 Å². The number of piperidine rings is 1. The lowest BCUT2D eigenvalue weighted by molar-refractivity contribution is 0.0936. The van der Waals surface area contributed by atoms with E-state index in [2.05, 4.69) is 5.32 Å². The van der Waals surface area contributed by atoms with Crippen molar-refractivity contribution in [2.24, 2.45) is 7.05 Å². The molecule has 1 amide bonds. The van der Waals surface area contributed by atoms with Crippen molar-refractivity contribution in [3.8, 4) is 0 Å². The average Bonchev–Trinajstić information content (AvgIpc) is 3.24. The molecular formula is C21H27N3O4S. The highest BCUT2D eigenvalue weighted by Crippen LogP contribution is 2.23. The van der Waals surface area contributed by atoms with Crippen LogP contribution in [0, 0.1) is 0 Å². The maximum atomic E-state index is 13.1. The lowest BCUT2D eigenvalue weighted by Gasteiger charge is -2.26. The summed E-state index contributed by atoms with van der Waals surface area (Å²) in [6.07, 6.45) is 8.28. The summed E-state index contributed by atoms with van der Waals surface area (Å²) in [5.41, 5.74) is 0.230. The predicted molar refractivity (Wildman–Crippen MR) is 112 cm³/mol. The second kappa shape index (κ2) is 7.91. The van der Waals surface area contributed by atoms with Gasteiger partial charge in [0, 0.05) is 37.8 Å². The van der Waals surface area contributed by atoms with Crippen LogP contribution in [-0.2, 0) is 17.1 Å². The summed E-state index contributed by atoms with van der Waals surface area (Å²) in [4.78, 5) is 25.9. The second-order valence-electron chi connectivity index (χ2n) is 8.08. The summed E-state index contributed by atoms with van der Waals surface area (Å²) in [7, 11) is -1.89. The Morgan fingerprint density at radius 1 is 1.07 bits per heavy atom. The molecule has 0 radical (unpaired) electrons. The van der Waals surface area contributed by atoms with Gasteiger partial charge in [-0.15, -0.1) is 0 Å². The first kappa shape index (κ1) is 20.1. The Morgan fingerprint density at radius 3 is 2.45 bits per heavy atom. The van der Waals surface area contributed by atoms with Crippen LogP contribution in [0.4, 0.5) is 0 Å². The first-order chi connectivity index (χ1) is 13.9. The molecule has 1 aromatic carbocycles. The molecule has 7 nitrogen and oxygen atoms in total. The van der Waals surface area contributed by atoms with Gasteiger partial charge in [-0.2, -0.15) is 4.31 Å². The van der Waals surface area contributed by atoms with Gasteiger partial charge in [-0.05, 0) is 43.9 Å². The minimum Gasteiger partial charge on any atom is -0.350 e. The van der Waals surface area contributed by atoms with E-state index in [9.17, 15) is 18.0 Å². The molecule has 0 unspecified atom stereocenters. The van der Waals surface area contributed by atoms with Crippen molar-refractivity contribution in [2.75, 3.05) is 13.1 Å². The third-order valence-electron chi connectivity index (χ3n) is 6.05. The van der Waals surface area contributed by atoms with E-state index in [1.54, 1.807) is 23.7 Å². The molecule has 2 heterocycles. The van der Waals surface area contributed by atoms with Crippen LogP contribution in [0.5, 0.6) is 0 Å². The van der Waals surface area contributed by atoms with Crippen LogP contribution in [0.25, 0.3) is 10.9 Å². The summed E-state index contributed by atoms with van der Waals surface area (Å²) < 4.78 is 29.2. The van der Waals surface area contributed by atoms with Gasteiger partial charge in [0.05, 0.1) is 10.4 Å². The monoisotopic (exact) mass is 417 g/mol. The van der Waals surface area contributed by atoms with Crippen LogP contribution in [0.3, 0.4) is 0 Å². The van der Waals surface area contributed by atoms with Crippen molar-refractivity contribution in [1.29, 1.82) is 0 Å². The number of hydrogen-bond donors (Lipinski definition) is 1. The van der Waals surface area contributed by atoms with Crippen LogP contribution in [-0.4, -0.2) is 42.3 Å². The Hall–Kier alpha value is -2.19. The molecule has 1 N–H and O–H groups in total. The van der Waals surface area contributed by atoms with E-state index in [0.717, 1.165) is 44.9 Å². The van der Waals surface area contributed by atoms with Crippen molar-refractivity contribution >= 4 is 26.8 Å². The number of aromatic nitrogens is 1.